The van der Waals surface area contributed by atoms with Crippen LogP contribution in [0, 0.1) is 11.8 Å². The number of carbonyl (C=O) groups excluding carboxylic acids is 2. The number of nitrogens with zero attached hydrogens (tertiary/aromatic N) is 1. The minimum atomic E-state index is -1.19. The van der Waals surface area contributed by atoms with Gasteiger partial charge in [-0.05, 0) is 34.1 Å². The van der Waals surface area contributed by atoms with Crippen molar-refractivity contribution in [2.24, 2.45) is 11.8 Å². The lowest BCUT2D eigenvalue weighted by Gasteiger charge is -2.32. The molecular formula is C27H30N2O6. The highest BCUT2D eigenvalue weighted by Crippen LogP contribution is 2.44. The quantitative estimate of drug-likeness (QED) is 0.660. The van der Waals surface area contributed by atoms with E-state index in [0.29, 0.717) is 26.1 Å². The number of nitrogens with one attached hydrogen (secondary N) is 1. The van der Waals surface area contributed by atoms with Crippen LogP contribution < -0.4 is 5.32 Å². The number of hydrogen-bond donors (Lipinski definition) is 2. The normalized spacial score (nSPS) is 25.2. The SMILES string of the molecule is C[C@@H]1CN(C(=O)C2(NC(=O)OCC3c4ccccc4-c4ccccc43)CCOC2)C[C@H]1CC(=O)O. The lowest BCUT2D eigenvalue weighted by Crippen LogP contribution is -2.60. The summed E-state index contributed by atoms with van der Waals surface area (Å²) in [4.78, 5) is 39.3. The number of likely N-dealkylation sites (tertiary alicyclic amines) is 1. The molecule has 3 atom stereocenters. The maximum atomic E-state index is 13.5. The summed E-state index contributed by atoms with van der Waals surface area (Å²) in [7, 11) is 0. The summed E-state index contributed by atoms with van der Waals surface area (Å²) < 4.78 is 11.2. The predicted molar refractivity (Wildman–Crippen MR) is 128 cm³/mol. The van der Waals surface area contributed by atoms with Gasteiger partial charge in [0.1, 0.15) is 12.1 Å². The molecule has 35 heavy (non-hydrogen) atoms. The highest BCUT2D eigenvalue weighted by atomic mass is 16.6. The molecule has 2 fully saturated rings. The summed E-state index contributed by atoms with van der Waals surface area (Å²) in [5, 5.41) is 12.0. The van der Waals surface area contributed by atoms with E-state index in [0.717, 1.165) is 22.3 Å². The lowest BCUT2D eigenvalue weighted by molar-refractivity contribution is -0.140. The molecule has 2 heterocycles. The number of hydrogen-bond acceptors (Lipinski definition) is 5. The van der Waals surface area contributed by atoms with Crippen molar-refractivity contribution in [3.63, 3.8) is 0 Å². The van der Waals surface area contributed by atoms with Gasteiger partial charge in [-0.25, -0.2) is 4.79 Å². The van der Waals surface area contributed by atoms with Crippen molar-refractivity contribution < 1.29 is 29.0 Å². The first-order chi connectivity index (χ1) is 16.9. The Kier molecular flexibility index (Phi) is 6.23. The highest BCUT2D eigenvalue weighted by molar-refractivity contribution is 5.91. The number of carbonyl (C=O) groups is 3. The number of carboxylic acids is 1. The molecule has 0 spiro atoms. The lowest BCUT2D eigenvalue weighted by atomic mass is 9.95. The van der Waals surface area contributed by atoms with Gasteiger partial charge in [-0.2, -0.15) is 0 Å². The molecule has 184 valence electrons. The molecule has 1 aliphatic carbocycles. The van der Waals surface area contributed by atoms with Gasteiger partial charge in [-0.15, -0.1) is 0 Å². The maximum absolute atomic E-state index is 13.5. The van der Waals surface area contributed by atoms with Crippen molar-refractivity contribution in [3.8, 4) is 11.1 Å². The van der Waals surface area contributed by atoms with Gasteiger partial charge in [-0.1, -0.05) is 55.5 Å². The molecular weight excluding hydrogens is 448 g/mol. The number of carboxylic acid groups (broad SMARTS) is 1. The third kappa shape index (κ3) is 4.38. The van der Waals surface area contributed by atoms with E-state index < -0.39 is 17.6 Å². The Morgan fingerprint density at radius 2 is 1.74 bits per heavy atom. The number of aliphatic carboxylic acids is 1. The molecule has 0 saturated carbocycles. The number of benzene rings is 2. The maximum Gasteiger partial charge on any atom is 0.408 e. The number of alkyl carbamates (subject to hydrolysis) is 1. The van der Waals surface area contributed by atoms with E-state index in [1.807, 2.05) is 31.2 Å². The van der Waals surface area contributed by atoms with Crippen LogP contribution in [0.4, 0.5) is 4.79 Å². The summed E-state index contributed by atoms with van der Waals surface area (Å²) >= 11 is 0. The molecule has 3 aliphatic rings. The Morgan fingerprint density at radius 1 is 1.09 bits per heavy atom. The Morgan fingerprint density at radius 3 is 2.34 bits per heavy atom. The van der Waals surface area contributed by atoms with Crippen LogP contribution in [0.2, 0.25) is 0 Å². The van der Waals surface area contributed by atoms with Crippen molar-refractivity contribution >= 4 is 18.0 Å². The number of ether oxygens (including phenoxy) is 2. The van der Waals surface area contributed by atoms with Gasteiger partial charge in [0.25, 0.3) is 5.91 Å². The molecule has 0 bridgehead atoms. The second-order valence-corrected chi connectivity index (χ2v) is 9.88. The minimum absolute atomic E-state index is 0.0221. The van der Waals surface area contributed by atoms with Crippen LogP contribution in [-0.2, 0) is 19.1 Å². The van der Waals surface area contributed by atoms with Crippen LogP contribution >= 0.6 is 0 Å². The third-order valence-electron chi connectivity index (χ3n) is 7.61. The van der Waals surface area contributed by atoms with Crippen LogP contribution in [-0.4, -0.2) is 66.4 Å². The zero-order valence-electron chi connectivity index (χ0n) is 19.7. The standard InChI is InChI=1S/C27H30N2O6/c1-17-13-29(14-18(17)12-24(30)31)25(32)27(10-11-34-16-27)28-26(33)35-15-23-21-8-4-2-6-19(21)20-7-3-5-9-22(20)23/h2-9,17-18,23H,10-16H2,1H3,(H,28,33)(H,30,31)/t17-,18-,27?/m1/s1. The van der Waals surface area contributed by atoms with E-state index in [1.54, 1.807) is 4.90 Å². The molecule has 2 aromatic rings. The smallest absolute Gasteiger partial charge is 0.408 e. The van der Waals surface area contributed by atoms with Crippen molar-refractivity contribution in [3.05, 3.63) is 59.7 Å². The average molecular weight is 479 g/mol. The van der Waals surface area contributed by atoms with Gasteiger partial charge in [0.05, 0.1) is 13.0 Å². The topological polar surface area (TPSA) is 105 Å². The summed E-state index contributed by atoms with van der Waals surface area (Å²) in [6.07, 6.45) is -0.279. The molecule has 2 aromatic carbocycles. The van der Waals surface area contributed by atoms with Gasteiger partial charge in [0.15, 0.2) is 0 Å². The summed E-state index contributed by atoms with van der Waals surface area (Å²) in [5.74, 6) is -1.21. The summed E-state index contributed by atoms with van der Waals surface area (Å²) in [6, 6.07) is 16.2. The number of fused-ring (bicyclic) bond motifs is 3. The van der Waals surface area contributed by atoms with E-state index >= 15 is 0 Å². The van der Waals surface area contributed by atoms with E-state index in [2.05, 4.69) is 29.6 Å². The molecule has 2 aliphatic heterocycles. The first-order valence-corrected chi connectivity index (χ1v) is 12.1. The van der Waals surface area contributed by atoms with Crippen LogP contribution in [0.3, 0.4) is 0 Å². The Bertz CT molecular complexity index is 1100. The van der Waals surface area contributed by atoms with Crippen molar-refractivity contribution in [2.45, 2.75) is 31.2 Å². The van der Waals surface area contributed by atoms with E-state index in [-0.39, 0.29) is 43.3 Å². The van der Waals surface area contributed by atoms with Gasteiger partial charge >= 0.3 is 12.1 Å². The molecule has 1 unspecified atom stereocenters. The second kappa shape index (κ2) is 9.34. The fraction of sp³-hybridized carbons (Fsp3) is 0.444. The van der Waals surface area contributed by atoms with E-state index in [4.69, 9.17) is 9.47 Å². The van der Waals surface area contributed by atoms with Gasteiger partial charge in [-0.3, -0.25) is 9.59 Å². The Labute approximate surface area is 204 Å². The Balaban J connectivity index is 1.26. The second-order valence-electron chi connectivity index (χ2n) is 9.88. The van der Waals surface area contributed by atoms with Crippen LogP contribution in [0.5, 0.6) is 0 Å². The molecule has 8 heteroatoms. The summed E-state index contributed by atoms with van der Waals surface area (Å²) in [5.41, 5.74) is 3.33. The first kappa shape index (κ1) is 23.4. The van der Waals surface area contributed by atoms with E-state index in [1.165, 1.54) is 0 Å². The molecule has 5 rings (SSSR count). The van der Waals surface area contributed by atoms with Gasteiger partial charge in [0, 0.05) is 32.0 Å². The molecule has 0 aromatic heterocycles. The fourth-order valence-electron chi connectivity index (χ4n) is 5.71. The predicted octanol–water partition coefficient (Wildman–Crippen LogP) is 3.25. The molecule has 8 nitrogen and oxygen atoms in total. The first-order valence-electron chi connectivity index (χ1n) is 12.1. The largest absolute Gasteiger partial charge is 0.481 e. The molecule has 0 radical (unpaired) electrons. The molecule has 2 saturated heterocycles. The minimum Gasteiger partial charge on any atom is -0.481 e. The van der Waals surface area contributed by atoms with Gasteiger partial charge < -0.3 is 24.8 Å². The van der Waals surface area contributed by atoms with Crippen molar-refractivity contribution in [2.75, 3.05) is 32.9 Å². The zero-order valence-corrected chi connectivity index (χ0v) is 19.7. The monoisotopic (exact) mass is 478 g/mol. The van der Waals surface area contributed by atoms with Gasteiger partial charge in [0.2, 0.25) is 0 Å². The fourth-order valence-corrected chi connectivity index (χ4v) is 5.71. The van der Waals surface area contributed by atoms with Crippen LogP contribution in [0.15, 0.2) is 48.5 Å². The third-order valence-corrected chi connectivity index (χ3v) is 7.61. The van der Waals surface area contributed by atoms with Crippen molar-refractivity contribution in [1.29, 1.82) is 0 Å². The zero-order chi connectivity index (χ0) is 24.6. The summed E-state index contributed by atoms with van der Waals surface area (Å²) in [6.45, 7) is 3.37. The average Bonchev–Trinajstić information content (AvgIpc) is 3.54. The van der Waals surface area contributed by atoms with E-state index in [9.17, 15) is 19.5 Å². The van der Waals surface area contributed by atoms with Crippen LogP contribution in [0.1, 0.15) is 36.8 Å². The number of rotatable bonds is 6. The van der Waals surface area contributed by atoms with Crippen LogP contribution in [0.25, 0.3) is 11.1 Å². The van der Waals surface area contributed by atoms with Crippen molar-refractivity contribution in [1.82, 2.24) is 10.2 Å². The number of amides is 2. The Hall–Kier alpha value is -3.39. The molecule has 2 amide bonds. The highest BCUT2D eigenvalue weighted by Gasteiger charge is 2.49. The molecule has 2 N–H and O–H groups in total.